The fraction of sp³-hybridized carbons (Fsp3) is 1.00. The first-order valence-electron chi connectivity index (χ1n) is 5.06. The van der Waals surface area contributed by atoms with Gasteiger partial charge in [0.1, 0.15) is 0 Å². The van der Waals surface area contributed by atoms with E-state index in [1.54, 1.807) is 0 Å². The van der Waals surface area contributed by atoms with E-state index >= 15 is 0 Å². The molecule has 70 valence electrons. The summed E-state index contributed by atoms with van der Waals surface area (Å²) in [5.74, 6) is 0.828. The molecule has 1 heterocycles. The first-order valence-corrected chi connectivity index (χ1v) is 5.06. The lowest BCUT2D eigenvalue weighted by Crippen LogP contribution is -2.47. The van der Waals surface area contributed by atoms with Crippen LogP contribution in [0.5, 0.6) is 0 Å². The number of piperidine rings is 1. The number of hydrogen-bond acceptors (Lipinski definition) is 2. The minimum absolute atomic E-state index is 0.550. The first-order chi connectivity index (χ1) is 5.83. The van der Waals surface area contributed by atoms with Gasteiger partial charge < -0.3 is 9.64 Å². The van der Waals surface area contributed by atoms with Gasteiger partial charge in [-0.05, 0) is 26.3 Å². The van der Waals surface area contributed by atoms with Crippen LogP contribution in [0, 0.1) is 5.92 Å². The van der Waals surface area contributed by atoms with Gasteiger partial charge in [0.05, 0.1) is 6.10 Å². The van der Waals surface area contributed by atoms with E-state index in [9.17, 15) is 0 Å². The summed E-state index contributed by atoms with van der Waals surface area (Å²) in [4.78, 5) is 2.52. The smallest absolute Gasteiger partial charge is 0.0626 e. The van der Waals surface area contributed by atoms with Crippen LogP contribution < -0.4 is 0 Å². The highest BCUT2D eigenvalue weighted by molar-refractivity contribution is 4.92. The Hall–Kier alpha value is -0.0800. The molecule has 0 aromatic heterocycles. The molecule has 2 fully saturated rings. The molecule has 2 heteroatoms. The van der Waals surface area contributed by atoms with Crippen LogP contribution in [0.25, 0.3) is 0 Å². The summed E-state index contributed by atoms with van der Waals surface area (Å²) in [6.45, 7) is 1.22. The van der Waals surface area contributed by atoms with Crippen molar-refractivity contribution in [3.05, 3.63) is 0 Å². The molecule has 2 aliphatic rings. The number of hydrogen-bond donors (Lipinski definition) is 0. The zero-order valence-electron chi connectivity index (χ0n) is 8.12. The Labute approximate surface area is 74.9 Å². The fourth-order valence-corrected chi connectivity index (χ4v) is 2.95. The first kappa shape index (κ1) is 8.52. The Morgan fingerprint density at radius 1 is 1.25 bits per heavy atom. The second-order valence-electron chi connectivity index (χ2n) is 4.21. The largest absolute Gasteiger partial charge is 0.381 e. The zero-order valence-corrected chi connectivity index (χ0v) is 8.12. The topological polar surface area (TPSA) is 12.5 Å². The number of likely N-dealkylation sites (tertiary alicyclic amines) is 1. The maximum absolute atomic E-state index is 5.53. The lowest BCUT2D eigenvalue weighted by molar-refractivity contribution is -0.0199. The van der Waals surface area contributed by atoms with Crippen LogP contribution >= 0.6 is 0 Å². The minimum atomic E-state index is 0.550. The third kappa shape index (κ3) is 1.27. The van der Waals surface area contributed by atoms with E-state index in [2.05, 4.69) is 11.9 Å². The summed E-state index contributed by atoms with van der Waals surface area (Å²) in [7, 11) is 4.13. The van der Waals surface area contributed by atoms with Crippen molar-refractivity contribution in [1.29, 1.82) is 0 Å². The second-order valence-corrected chi connectivity index (χ2v) is 4.21. The molecule has 0 aromatic carbocycles. The summed E-state index contributed by atoms with van der Waals surface area (Å²) in [5, 5.41) is 0. The van der Waals surface area contributed by atoms with Crippen molar-refractivity contribution in [1.82, 2.24) is 4.90 Å². The summed E-state index contributed by atoms with van der Waals surface area (Å²) in [6.07, 6.45) is 5.95. The van der Waals surface area contributed by atoms with Crippen molar-refractivity contribution in [3.8, 4) is 0 Å². The molecule has 0 radical (unpaired) electrons. The van der Waals surface area contributed by atoms with Gasteiger partial charge in [-0.3, -0.25) is 0 Å². The molecule has 0 spiro atoms. The Balaban J connectivity index is 2.06. The maximum atomic E-state index is 5.53. The lowest BCUT2D eigenvalue weighted by Gasteiger charge is -2.39. The fourth-order valence-electron chi connectivity index (χ4n) is 2.95. The predicted molar refractivity (Wildman–Crippen MR) is 49.2 cm³/mol. The molecule has 0 N–H and O–H groups in total. The Kier molecular flexibility index (Phi) is 2.37. The number of nitrogens with zero attached hydrogens (tertiary/aromatic N) is 1. The second kappa shape index (κ2) is 3.35. The summed E-state index contributed by atoms with van der Waals surface area (Å²) >= 11 is 0. The monoisotopic (exact) mass is 169 g/mol. The van der Waals surface area contributed by atoms with Crippen molar-refractivity contribution in [2.75, 3.05) is 20.7 Å². The van der Waals surface area contributed by atoms with Gasteiger partial charge in [0.15, 0.2) is 0 Å². The van der Waals surface area contributed by atoms with Gasteiger partial charge in [-0.25, -0.2) is 0 Å². The maximum Gasteiger partial charge on any atom is 0.0626 e. The minimum Gasteiger partial charge on any atom is -0.381 e. The molecule has 1 aliphatic carbocycles. The van der Waals surface area contributed by atoms with Crippen molar-refractivity contribution < 1.29 is 4.74 Å². The average Bonchev–Trinajstić information content (AvgIpc) is 2.54. The van der Waals surface area contributed by atoms with Crippen LogP contribution in [0.1, 0.15) is 25.7 Å². The Bertz CT molecular complexity index is 160. The molecule has 1 saturated heterocycles. The molecule has 0 bridgehead atoms. The average molecular weight is 169 g/mol. The van der Waals surface area contributed by atoms with Crippen molar-refractivity contribution in [2.24, 2.45) is 5.92 Å². The van der Waals surface area contributed by atoms with E-state index < -0.39 is 0 Å². The number of rotatable bonds is 1. The van der Waals surface area contributed by atoms with E-state index in [4.69, 9.17) is 4.74 Å². The quantitative estimate of drug-likeness (QED) is 0.590. The molecule has 1 unspecified atom stereocenters. The van der Waals surface area contributed by atoms with E-state index in [1.807, 2.05) is 7.11 Å². The molecule has 2 nitrogen and oxygen atoms in total. The van der Waals surface area contributed by atoms with Crippen LogP contribution in [0.2, 0.25) is 0 Å². The zero-order chi connectivity index (χ0) is 8.55. The molecule has 1 aliphatic heterocycles. The predicted octanol–water partition coefficient (Wildman–Crippen LogP) is 1.51. The van der Waals surface area contributed by atoms with Gasteiger partial charge in [0.25, 0.3) is 0 Å². The lowest BCUT2D eigenvalue weighted by atomic mass is 9.89. The van der Waals surface area contributed by atoms with Crippen molar-refractivity contribution >= 4 is 0 Å². The van der Waals surface area contributed by atoms with E-state index in [1.165, 1.54) is 32.2 Å². The molecule has 2 rings (SSSR count). The van der Waals surface area contributed by atoms with Crippen LogP contribution in [0.3, 0.4) is 0 Å². The van der Waals surface area contributed by atoms with Crippen molar-refractivity contribution in [2.45, 2.75) is 37.8 Å². The van der Waals surface area contributed by atoms with Crippen LogP contribution in [-0.2, 0) is 4.74 Å². The molecular weight excluding hydrogens is 150 g/mol. The SMILES string of the molecule is COC1CCN(C)[C@@H]2CCC[C@H]12. The highest BCUT2D eigenvalue weighted by atomic mass is 16.5. The third-order valence-electron chi connectivity index (χ3n) is 3.64. The number of fused-ring (bicyclic) bond motifs is 1. The normalized spacial score (nSPS) is 43.0. The van der Waals surface area contributed by atoms with Crippen molar-refractivity contribution in [3.63, 3.8) is 0 Å². The Morgan fingerprint density at radius 2 is 2.08 bits per heavy atom. The van der Waals surface area contributed by atoms with Crippen LogP contribution in [0.4, 0.5) is 0 Å². The van der Waals surface area contributed by atoms with Crippen LogP contribution in [0.15, 0.2) is 0 Å². The van der Waals surface area contributed by atoms with E-state index in [-0.39, 0.29) is 0 Å². The Morgan fingerprint density at radius 3 is 2.83 bits per heavy atom. The van der Waals surface area contributed by atoms with Gasteiger partial charge in [-0.1, -0.05) is 6.42 Å². The van der Waals surface area contributed by atoms with Gasteiger partial charge in [-0.2, -0.15) is 0 Å². The van der Waals surface area contributed by atoms with Gasteiger partial charge in [-0.15, -0.1) is 0 Å². The molecular formula is C10H19NO. The van der Waals surface area contributed by atoms with Gasteiger partial charge in [0, 0.05) is 25.6 Å². The number of ether oxygens (including phenoxy) is 1. The molecule has 1 saturated carbocycles. The number of methoxy groups -OCH3 is 1. The molecule has 0 aromatic rings. The molecule has 3 atom stereocenters. The highest BCUT2D eigenvalue weighted by Gasteiger charge is 2.39. The highest BCUT2D eigenvalue weighted by Crippen LogP contribution is 2.37. The molecule has 12 heavy (non-hydrogen) atoms. The van der Waals surface area contributed by atoms with E-state index in [0.29, 0.717) is 6.10 Å². The summed E-state index contributed by atoms with van der Waals surface area (Å²) in [5.41, 5.74) is 0. The molecule has 0 amide bonds. The third-order valence-corrected chi connectivity index (χ3v) is 3.64. The summed E-state index contributed by atoms with van der Waals surface area (Å²) < 4.78 is 5.53. The standard InChI is InChI=1S/C10H19NO/c1-11-7-6-10(12-2)8-4-3-5-9(8)11/h8-10H,3-7H2,1-2H3/t8-,9+,10?/m0/s1. The van der Waals surface area contributed by atoms with E-state index in [0.717, 1.165) is 12.0 Å². The summed E-state index contributed by atoms with van der Waals surface area (Å²) in [6, 6.07) is 0.823. The van der Waals surface area contributed by atoms with Crippen LogP contribution in [-0.4, -0.2) is 37.7 Å². The van der Waals surface area contributed by atoms with Gasteiger partial charge >= 0.3 is 0 Å². The van der Waals surface area contributed by atoms with Gasteiger partial charge in [0.2, 0.25) is 0 Å².